The topological polar surface area (TPSA) is 56.9 Å². The van der Waals surface area contributed by atoms with Crippen LogP contribution < -0.4 is 0 Å². The summed E-state index contributed by atoms with van der Waals surface area (Å²) in [7, 11) is 0. The first-order chi connectivity index (χ1) is 6.15. The van der Waals surface area contributed by atoms with E-state index in [1.54, 1.807) is 32.3 Å². The van der Waals surface area contributed by atoms with Crippen molar-refractivity contribution in [1.29, 1.82) is 5.26 Å². The van der Waals surface area contributed by atoms with Crippen LogP contribution in [0.3, 0.4) is 0 Å². The standard InChI is InChI=1S/C5H5N.C3H8O.C2H3N/c1-2-4-6-5-3-1;1-3(2)4;1-2-3/h1-5H;3-4H,1-2H3;1H3. The van der Waals surface area contributed by atoms with Crippen LogP contribution in [0.5, 0.6) is 0 Å². The SMILES string of the molecule is CC#N.CC(C)O.c1ccncc1. The highest BCUT2D eigenvalue weighted by molar-refractivity contribution is 4.88. The fourth-order valence-corrected chi connectivity index (χ4v) is 0.313. The number of pyridine rings is 1. The number of aliphatic hydroxyl groups excluding tert-OH is 1. The molecule has 1 aromatic heterocycles. The molecule has 0 aliphatic heterocycles. The van der Waals surface area contributed by atoms with Crippen LogP contribution in [0.2, 0.25) is 0 Å². The van der Waals surface area contributed by atoms with E-state index in [9.17, 15) is 0 Å². The van der Waals surface area contributed by atoms with Gasteiger partial charge in [-0.1, -0.05) is 6.07 Å². The lowest BCUT2D eigenvalue weighted by Crippen LogP contribution is -1.85. The summed E-state index contributed by atoms with van der Waals surface area (Å²) in [5.41, 5.74) is 0. The smallest absolute Gasteiger partial charge is 0.0587 e. The maximum absolute atomic E-state index is 8.06. The van der Waals surface area contributed by atoms with E-state index in [0.29, 0.717) is 0 Å². The highest BCUT2D eigenvalue weighted by Gasteiger charge is 1.69. The van der Waals surface area contributed by atoms with Gasteiger partial charge >= 0.3 is 0 Å². The zero-order valence-electron chi connectivity index (χ0n) is 8.31. The van der Waals surface area contributed by atoms with Crippen molar-refractivity contribution in [2.24, 2.45) is 0 Å². The minimum Gasteiger partial charge on any atom is -0.394 e. The summed E-state index contributed by atoms with van der Waals surface area (Å²) in [6, 6.07) is 7.47. The Morgan fingerprint density at radius 2 is 1.54 bits per heavy atom. The third-order valence-corrected chi connectivity index (χ3v) is 0.566. The van der Waals surface area contributed by atoms with E-state index in [-0.39, 0.29) is 6.10 Å². The van der Waals surface area contributed by atoms with Crippen LogP contribution in [0.25, 0.3) is 0 Å². The molecule has 0 amide bonds. The second kappa shape index (κ2) is 13.2. The van der Waals surface area contributed by atoms with Gasteiger partial charge in [0.25, 0.3) is 0 Å². The van der Waals surface area contributed by atoms with Gasteiger partial charge in [-0.25, -0.2) is 0 Å². The molecule has 0 radical (unpaired) electrons. The van der Waals surface area contributed by atoms with E-state index in [2.05, 4.69) is 4.98 Å². The largest absolute Gasteiger partial charge is 0.394 e. The average Bonchev–Trinajstić information content (AvgIpc) is 2.08. The molecule has 0 atom stereocenters. The Labute approximate surface area is 79.7 Å². The maximum Gasteiger partial charge on any atom is 0.0587 e. The van der Waals surface area contributed by atoms with Crippen molar-refractivity contribution in [2.75, 3.05) is 0 Å². The van der Waals surface area contributed by atoms with E-state index < -0.39 is 0 Å². The van der Waals surface area contributed by atoms with Crippen molar-refractivity contribution in [3.05, 3.63) is 30.6 Å². The minimum absolute atomic E-state index is 0.167. The van der Waals surface area contributed by atoms with Gasteiger partial charge in [0, 0.05) is 25.4 Å². The molecule has 3 heteroatoms. The molecule has 13 heavy (non-hydrogen) atoms. The minimum atomic E-state index is -0.167. The number of hydrogen-bond donors (Lipinski definition) is 1. The van der Waals surface area contributed by atoms with Gasteiger partial charge in [0.1, 0.15) is 0 Å². The van der Waals surface area contributed by atoms with Gasteiger partial charge in [0.05, 0.1) is 6.07 Å². The lowest BCUT2D eigenvalue weighted by atomic mass is 10.5. The zero-order valence-corrected chi connectivity index (χ0v) is 8.31. The van der Waals surface area contributed by atoms with Gasteiger partial charge in [0.15, 0.2) is 0 Å². The highest BCUT2D eigenvalue weighted by atomic mass is 16.3. The first-order valence-corrected chi connectivity index (χ1v) is 3.99. The molecule has 1 heterocycles. The number of aromatic nitrogens is 1. The molecule has 0 saturated carbocycles. The van der Waals surface area contributed by atoms with E-state index >= 15 is 0 Å². The normalized spacial score (nSPS) is 7.08. The number of rotatable bonds is 0. The molecular formula is C10H16N2O. The first kappa shape index (κ1) is 14.1. The lowest BCUT2D eigenvalue weighted by Gasteiger charge is -1.80. The Hall–Kier alpha value is -1.40. The number of hydrogen-bond acceptors (Lipinski definition) is 3. The molecule has 1 aromatic rings. The Balaban J connectivity index is 0. The molecule has 0 aliphatic carbocycles. The summed E-state index contributed by atoms with van der Waals surface area (Å²) in [5, 5.41) is 15.4. The summed E-state index contributed by atoms with van der Waals surface area (Å²) < 4.78 is 0. The van der Waals surface area contributed by atoms with Gasteiger partial charge in [-0.15, -0.1) is 0 Å². The first-order valence-electron chi connectivity index (χ1n) is 3.99. The monoisotopic (exact) mass is 180 g/mol. The Morgan fingerprint density at radius 1 is 1.23 bits per heavy atom. The van der Waals surface area contributed by atoms with Gasteiger partial charge in [0.2, 0.25) is 0 Å². The molecule has 0 aliphatic rings. The van der Waals surface area contributed by atoms with E-state index in [4.69, 9.17) is 10.4 Å². The van der Waals surface area contributed by atoms with Crippen molar-refractivity contribution >= 4 is 0 Å². The summed E-state index contributed by atoms with van der Waals surface area (Å²) in [4.78, 5) is 3.78. The van der Waals surface area contributed by atoms with Crippen LogP contribution in [-0.4, -0.2) is 16.2 Å². The van der Waals surface area contributed by atoms with Crippen LogP contribution in [0, 0.1) is 11.3 Å². The van der Waals surface area contributed by atoms with Gasteiger partial charge in [-0.3, -0.25) is 4.98 Å². The molecule has 0 bridgehead atoms. The van der Waals surface area contributed by atoms with Crippen LogP contribution >= 0.6 is 0 Å². The predicted octanol–water partition coefficient (Wildman–Crippen LogP) is 2.00. The van der Waals surface area contributed by atoms with Crippen LogP contribution in [0.4, 0.5) is 0 Å². The van der Waals surface area contributed by atoms with Crippen molar-refractivity contribution in [3.8, 4) is 6.07 Å². The zero-order chi connectivity index (χ0) is 10.5. The second-order valence-electron chi connectivity index (χ2n) is 2.34. The summed E-state index contributed by atoms with van der Waals surface area (Å²) >= 11 is 0. The van der Waals surface area contributed by atoms with Crippen molar-refractivity contribution in [3.63, 3.8) is 0 Å². The van der Waals surface area contributed by atoms with Crippen LogP contribution in [0.1, 0.15) is 20.8 Å². The molecular weight excluding hydrogens is 164 g/mol. The second-order valence-corrected chi connectivity index (χ2v) is 2.34. The van der Waals surface area contributed by atoms with Crippen molar-refractivity contribution in [2.45, 2.75) is 26.9 Å². The predicted molar refractivity (Wildman–Crippen MR) is 52.9 cm³/mol. The van der Waals surface area contributed by atoms with Crippen molar-refractivity contribution in [1.82, 2.24) is 4.98 Å². The molecule has 1 rings (SSSR count). The van der Waals surface area contributed by atoms with Gasteiger partial charge in [-0.2, -0.15) is 5.26 Å². The quantitative estimate of drug-likeness (QED) is 0.664. The van der Waals surface area contributed by atoms with E-state index in [1.165, 1.54) is 6.92 Å². The molecule has 0 unspecified atom stereocenters. The van der Waals surface area contributed by atoms with Crippen LogP contribution in [0.15, 0.2) is 30.6 Å². The number of aliphatic hydroxyl groups is 1. The summed E-state index contributed by atoms with van der Waals surface area (Å²) in [6.07, 6.45) is 3.33. The Bertz CT molecular complexity index is 174. The third kappa shape index (κ3) is 37.0. The fourth-order valence-electron chi connectivity index (χ4n) is 0.313. The molecule has 0 spiro atoms. The molecule has 0 saturated heterocycles. The summed E-state index contributed by atoms with van der Waals surface area (Å²) in [5.74, 6) is 0. The molecule has 72 valence electrons. The number of nitriles is 1. The van der Waals surface area contributed by atoms with E-state index in [0.717, 1.165) is 0 Å². The highest BCUT2D eigenvalue weighted by Crippen LogP contribution is 1.73. The van der Waals surface area contributed by atoms with E-state index in [1.807, 2.05) is 18.2 Å². The van der Waals surface area contributed by atoms with Gasteiger partial charge < -0.3 is 5.11 Å². The lowest BCUT2D eigenvalue weighted by molar-refractivity contribution is 0.216. The molecule has 3 nitrogen and oxygen atoms in total. The van der Waals surface area contributed by atoms with Crippen LogP contribution in [-0.2, 0) is 0 Å². The van der Waals surface area contributed by atoms with Crippen molar-refractivity contribution < 1.29 is 5.11 Å². The Kier molecular flexibility index (Phi) is 14.4. The Morgan fingerprint density at radius 3 is 1.62 bits per heavy atom. The molecule has 0 fully saturated rings. The number of nitrogens with zero attached hydrogens (tertiary/aromatic N) is 2. The fraction of sp³-hybridized carbons (Fsp3) is 0.400. The maximum atomic E-state index is 8.06. The molecule has 1 N–H and O–H groups in total. The third-order valence-electron chi connectivity index (χ3n) is 0.566. The molecule has 0 aromatic carbocycles. The van der Waals surface area contributed by atoms with Gasteiger partial charge in [-0.05, 0) is 26.0 Å². The summed E-state index contributed by atoms with van der Waals surface area (Å²) in [6.45, 7) is 4.88. The average molecular weight is 180 g/mol.